The molecule has 0 amide bonds. The van der Waals surface area contributed by atoms with Gasteiger partial charge in [-0.1, -0.05) is 11.6 Å². The maximum absolute atomic E-state index is 10.7. The van der Waals surface area contributed by atoms with Gasteiger partial charge < -0.3 is 44.2 Å². The van der Waals surface area contributed by atoms with Crippen molar-refractivity contribution in [2.75, 3.05) is 18.5 Å². The second kappa shape index (κ2) is 14.2. The monoisotopic (exact) mass is 569 g/mol. The highest BCUT2D eigenvalue weighted by molar-refractivity contribution is 7.45. The molecule has 0 aliphatic rings. The van der Waals surface area contributed by atoms with Crippen molar-refractivity contribution in [1.82, 2.24) is 4.98 Å². The van der Waals surface area contributed by atoms with Crippen LogP contribution in [0.5, 0.6) is 0 Å². The van der Waals surface area contributed by atoms with Gasteiger partial charge in [-0.15, -0.1) is 0 Å². The fourth-order valence-corrected chi connectivity index (χ4v) is 2.62. The van der Waals surface area contributed by atoms with Crippen molar-refractivity contribution in [2.24, 2.45) is 0 Å². The van der Waals surface area contributed by atoms with E-state index in [0.29, 0.717) is 29.4 Å². The zero-order valence-electron chi connectivity index (χ0n) is 18.1. The Hall–Kier alpha value is -2.68. The second-order valence-corrected chi connectivity index (χ2v) is 9.04. The minimum Gasteiger partial charge on any atom is -0.401 e. The Kier molecular flexibility index (Phi) is 12.3. The topological polar surface area (TPSA) is 257 Å². The van der Waals surface area contributed by atoms with Crippen LogP contribution < -0.4 is 5.32 Å². The number of rotatable bonds is 7. The number of phosphoric acid groups is 2. The largest absolute Gasteiger partial charge is 0.466 e. The lowest BCUT2D eigenvalue weighted by atomic mass is 10.1. The van der Waals surface area contributed by atoms with Crippen LogP contribution in [-0.2, 0) is 9.13 Å². The molecular weight excluding hydrogens is 548 g/mol. The van der Waals surface area contributed by atoms with Crippen LogP contribution in [0.3, 0.4) is 0 Å². The van der Waals surface area contributed by atoms with Gasteiger partial charge in [-0.05, 0) is 48.9 Å². The summed E-state index contributed by atoms with van der Waals surface area (Å²) in [6.45, 7) is 0.720. The first-order chi connectivity index (χ1) is 16.6. The maximum Gasteiger partial charge on any atom is 0.466 e. The first-order valence-corrected chi connectivity index (χ1v) is 13.0. The molecule has 0 atom stereocenters. The number of hydrogen-bond acceptors (Lipinski definition) is 8. The molecule has 0 saturated carbocycles. The molecule has 3 aromatic rings. The molecule has 15 nitrogen and oxygen atoms in total. The number of nitrogens with one attached hydrogen (secondary N) is 1. The molecule has 8 N–H and O–H groups in total. The zero-order chi connectivity index (χ0) is 27.5. The predicted octanol–water partition coefficient (Wildman–Crippen LogP) is 2.50. The highest BCUT2D eigenvalue weighted by atomic mass is 35.5. The molecule has 3 rings (SSSR count). The second-order valence-electron chi connectivity index (χ2n) is 6.55. The highest BCUT2D eigenvalue weighted by Gasteiger charge is 2.10. The third-order valence-corrected chi connectivity index (χ3v) is 3.89. The molecule has 18 heteroatoms. The maximum atomic E-state index is 10.7. The van der Waals surface area contributed by atoms with Crippen LogP contribution in [0.25, 0.3) is 23.1 Å². The van der Waals surface area contributed by atoms with Crippen molar-refractivity contribution >= 4 is 61.9 Å². The summed E-state index contributed by atoms with van der Waals surface area (Å²) in [5.41, 5.74) is 2.23. The number of benzene rings is 1. The fourth-order valence-electron chi connectivity index (χ4n) is 2.45. The van der Waals surface area contributed by atoms with Gasteiger partial charge in [0.2, 0.25) is 0 Å². The van der Waals surface area contributed by atoms with Crippen LogP contribution in [0.1, 0.15) is 17.9 Å². The molecule has 2 aromatic heterocycles. The number of hydrogen-bond donors (Lipinski definition) is 8. The molecular formula is C18H22ClN3O12P2. The molecule has 0 aliphatic heterocycles. The van der Waals surface area contributed by atoms with E-state index < -0.39 is 20.6 Å². The number of aliphatic hydroxyl groups is 1. The van der Waals surface area contributed by atoms with E-state index in [-0.39, 0.29) is 12.5 Å². The van der Waals surface area contributed by atoms with Crippen molar-refractivity contribution in [3.05, 3.63) is 63.0 Å². The summed E-state index contributed by atoms with van der Waals surface area (Å²) in [4.78, 5) is 57.8. The lowest BCUT2D eigenvalue weighted by molar-refractivity contribution is -0.402. The van der Waals surface area contributed by atoms with Gasteiger partial charge in [0.25, 0.3) is 0 Å². The van der Waals surface area contributed by atoms with Gasteiger partial charge in [0.1, 0.15) is 10.7 Å². The standard InChI is InChI=1S/C18H16ClN3O4.2H3O4P/c19-12-2-6-15-16(20-8-1-9-23)11-13(21-17(15)10-12)3-4-14-5-7-18(26-14)22(24)25;2*1-5(2,3)4/h2-7,10-11,23H,1,8-9H2,(H,20,21);2*(H3,1,2,3,4)/b4-3-;;. The van der Waals surface area contributed by atoms with E-state index in [1.807, 2.05) is 12.1 Å². The van der Waals surface area contributed by atoms with Gasteiger partial charge in [-0.3, -0.25) is 10.1 Å². The summed E-state index contributed by atoms with van der Waals surface area (Å²) < 4.78 is 22.9. The average Bonchev–Trinajstić information content (AvgIpc) is 3.19. The molecule has 0 bridgehead atoms. The van der Waals surface area contributed by atoms with Gasteiger partial charge in [-0.2, -0.15) is 0 Å². The van der Waals surface area contributed by atoms with Crippen LogP contribution in [-0.4, -0.2) is 57.5 Å². The number of nitrogens with zero attached hydrogens (tertiary/aromatic N) is 2. The zero-order valence-corrected chi connectivity index (χ0v) is 20.6. The lowest BCUT2D eigenvalue weighted by Gasteiger charge is -2.10. The average molecular weight is 570 g/mol. The van der Waals surface area contributed by atoms with E-state index in [0.717, 1.165) is 16.6 Å². The van der Waals surface area contributed by atoms with E-state index in [4.69, 9.17) is 59.6 Å². The molecule has 0 aliphatic carbocycles. The molecule has 0 fully saturated rings. The quantitative estimate of drug-likeness (QED) is 0.0880. The van der Waals surface area contributed by atoms with Crippen molar-refractivity contribution in [3.8, 4) is 0 Å². The van der Waals surface area contributed by atoms with E-state index in [2.05, 4.69) is 10.3 Å². The first-order valence-electron chi connectivity index (χ1n) is 9.50. The molecule has 2 heterocycles. The van der Waals surface area contributed by atoms with Crippen molar-refractivity contribution in [1.29, 1.82) is 0 Å². The minimum absolute atomic E-state index is 0.103. The Balaban J connectivity index is 0.000000550. The summed E-state index contributed by atoms with van der Waals surface area (Å²) in [5.74, 6) is 0.0498. The van der Waals surface area contributed by atoms with Crippen molar-refractivity contribution < 1.29 is 52.9 Å². The molecule has 0 saturated heterocycles. The van der Waals surface area contributed by atoms with Crippen molar-refractivity contribution in [2.45, 2.75) is 6.42 Å². The Labute approximate surface area is 207 Å². The van der Waals surface area contributed by atoms with E-state index in [1.54, 1.807) is 24.3 Å². The fraction of sp³-hybridized carbons (Fsp3) is 0.167. The normalized spacial score (nSPS) is 11.4. The first kappa shape index (κ1) is 31.4. The van der Waals surface area contributed by atoms with Crippen LogP contribution in [0.4, 0.5) is 11.6 Å². The summed E-state index contributed by atoms with van der Waals surface area (Å²) in [6.07, 6.45) is 3.95. The molecule has 198 valence electrons. The lowest BCUT2D eigenvalue weighted by Crippen LogP contribution is -2.04. The highest BCUT2D eigenvalue weighted by Crippen LogP contribution is 2.28. The number of furan rings is 1. The van der Waals surface area contributed by atoms with Gasteiger partial charge in [0.05, 0.1) is 17.3 Å². The number of aromatic nitrogens is 1. The number of nitro groups is 1. The molecule has 36 heavy (non-hydrogen) atoms. The molecule has 0 radical (unpaired) electrons. The number of anilines is 1. The van der Waals surface area contributed by atoms with Crippen LogP contribution in [0, 0.1) is 10.1 Å². The summed E-state index contributed by atoms with van der Waals surface area (Å²) in [6, 6.07) is 10.1. The van der Waals surface area contributed by atoms with Gasteiger partial charge in [-0.25, -0.2) is 14.1 Å². The Morgan fingerprint density at radius 1 is 1.03 bits per heavy atom. The number of pyridine rings is 1. The Morgan fingerprint density at radius 2 is 1.64 bits per heavy atom. The summed E-state index contributed by atoms with van der Waals surface area (Å²) in [7, 11) is -9.28. The van der Waals surface area contributed by atoms with E-state index >= 15 is 0 Å². The third kappa shape index (κ3) is 14.0. The third-order valence-electron chi connectivity index (χ3n) is 3.65. The SMILES string of the molecule is O=P(O)(O)O.O=P(O)(O)O.O=[N+]([O-])c1ccc(/C=C\c2cc(NCCCO)c3ccc(Cl)cc3n2)o1. The Morgan fingerprint density at radius 3 is 2.17 bits per heavy atom. The van der Waals surface area contributed by atoms with Crippen LogP contribution >= 0.6 is 27.2 Å². The predicted molar refractivity (Wildman–Crippen MR) is 130 cm³/mol. The van der Waals surface area contributed by atoms with Crippen LogP contribution in [0.2, 0.25) is 5.02 Å². The van der Waals surface area contributed by atoms with Gasteiger partial charge >= 0.3 is 21.5 Å². The summed E-state index contributed by atoms with van der Waals surface area (Å²) in [5, 5.41) is 24.4. The van der Waals surface area contributed by atoms with Gasteiger partial charge in [0, 0.05) is 29.2 Å². The summed E-state index contributed by atoms with van der Waals surface area (Å²) >= 11 is 6.07. The molecule has 0 spiro atoms. The molecule has 0 unspecified atom stereocenters. The molecule has 1 aromatic carbocycles. The minimum atomic E-state index is -4.64. The van der Waals surface area contributed by atoms with E-state index in [9.17, 15) is 10.1 Å². The smallest absolute Gasteiger partial charge is 0.401 e. The van der Waals surface area contributed by atoms with E-state index in [1.165, 1.54) is 12.1 Å². The number of aliphatic hydroxyl groups excluding tert-OH is 1. The van der Waals surface area contributed by atoms with Gasteiger partial charge in [0.15, 0.2) is 0 Å². The number of halogens is 1. The Bertz CT molecular complexity index is 1250. The number of fused-ring (bicyclic) bond motifs is 1. The van der Waals surface area contributed by atoms with Crippen LogP contribution in [0.15, 0.2) is 40.8 Å². The van der Waals surface area contributed by atoms with Crippen molar-refractivity contribution in [3.63, 3.8) is 0 Å².